The first kappa shape index (κ1) is 25.7. The molecule has 1 atom stereocenters. The van der Waals surface area contributed by atoms with Gasteiger partial charge in [0, 0.05) is 25.7 Å². The third-order valence-electron chi connectivity index (χ3n) is 7.10. The summed E-state index contributed by atoms with van der Waals surface area (Å²) in [7, 11) is 1.69. The molecule has 5 aromatic rings. The van der Waals surface area contributed by atoms with E-state index in [1.165, 1.54) is 18.5 Å². The van der Waals surface area contributed by atoms with Gasteiger partial charge < -0.3 is 8.98 Å². The number of nitrogens with zero attached hydrogens (tertiary/aromatic N) is 6. The first-order valence-corrected chi connectivity index (χ1v) is 12.6. The minimum Gasteiger partial charge on any atom is -0.435 e. The number of benzene rings is 3. The van der Waals surface area contributed by atoms with Gasteiger partial charge in [-0.2, -0.15) is 18.4 Å². The largest absolute Gasteiger partial charge is 0.435 e. The summed E-state index contributed by atoms with van der Waals surface area (Å²) in [4.78, 5) is 6.32. The molecule has 0 radical (unpaired) electrons. The summed E-state index contributed by atoms with van der Waals surface area (Å²) < 4.78 is 65.6. The van der Waals surface area contributed by atoms with Crippen molar-refractivity contribution < 1.29 is 22.0 Å². The van der Waals surface area contributed by atoms with Crippen molar-refractivity contribution in [3.8, 4) is 40.0 Å². The molecule has 0 N–H and O–H groups in total. The van der Waals surface area contributed by atoms with Crippen molar-refractivity contribution in [2.24, 2.45) is 13.0 Å². The van der Waals surface area contributed by atoms with Crippen LogP contribution in [-0.2, 0) is 19.8 Å². The Hall–Kier alpha value is -4.56. The average molecular weight is 547 g/mol. The van der Waals surface area contributed by atoms with E-state index in [0.717, 1.165) is 11.6 Å². The minimum absolute atomic E-state index is 0.0377. The summed E-state index contributed by atoms with van der Waals surface area (Å²) >= 11 is 0. The molecule has 2 aromatic heterocycles. The molecule has 3 aromatic carbocycles. The predicted molar refractivity (Wildman–Crippen MR) is 139 cm³/mol. The lowest BCUT2D eigenvalue weighted by Gasteiger charge is -2.16. The summed E-state index contributed by atoms with van der Waals surface area (Å²) in [6.07, 6.45) is -2.61. The Morgan fingerprint density at radius 1 is 1.10 bits per heavy atom. The van der Waals surface area contributed by atoms with E-state index in [4.69, 9.17) is 4.42 Å². The molecule has 0 saturated carbocycles. The number of alkyl halides is 3. The number of aryl methyl sites for hydroxylation is 1. The topological polar surface area (TPSA) is 83.8 Å². The predicted octanol–water partition coefficient (Wildman–Crippen LogP) is 6.46. The quantitative estimate of drug-likeness (QED) is 0.235. The van der Waals surface area contributed by atoms with Crippen molar-refractivity contribution in [2.75, 3.05) is 13.1 Å². The van der Waals surface area contributed by atoms with Crippen LogP contribution in [-0.4, -0.2) is 37.7 Å². The van der Waals surface area contributed by atoms with Gasteiger partial charge in [-0.1, -0.05) is 36.4 Å². The molecule has 202 valence electrons. The number of nitriles is 1. The van der Waals surface area contributed by atoms with Crippen molar-refractivity contribution in [1.82, 2.24) is 24.6 Å². The molecule has 1 fully saturated rings. The van der Waals surface area contributed by atoms with Crippen LogP contribution < -0.4 is 0 Å². The SMILES string of the molecule is Cn1cnnc1-c1c(-c2ccccc2)ccc(F)c1-c1nc2cc(CN3CC[C@@H](C#N)C3)cc(C(F)(F)F)c2o1. The molecular formula is C29H22F4N6O. The summed E-state index contributed by atoms with van der Waals surface area (Å²) in [5.41, 5.74) is 0.400. The number of hydrogen-bond acceptors (Lipinski definition) is 6. The molecule has 1 saturated heterocycles. The van der Waals surface area contributed by atoms with Crippen LogP contribution in [0.15, 0.2) is 65.3 Å². The van der Waals surface area contributed by atoms with Gasteiger partial charge in [-0.3, -0.25) is 4.90 Å². The molecule has 0 spiro atoms. The van der Waals surface area contributed by atoms with Gasteiger partial charge in [-0.05, 0) is 47.9 Å². The van der Waals surface area contributed by atoms with E-state index < -0.39 is 23.1 Å². The van der Waals surface area contributed by atoms with Crippen LogP contribution in [0, 0.1) is 23.1 Å². The Morgan fingerprint density at radius 3 is 2.58 bits per heavy atom. The minimum atomic E-state index is -4.73. The van der Waals surface area contributed by atoms with Crippen molar-refractivity contribution >= 4 is 11.1 Å². The molecule has 1 aliphatic heterocycles. The molecule has 0 unspecified atom stereocenters. The van der Waals surface area contributed by atoms with Gasteiger partial charge in [0.15, 0.2) is 11.4 Å². The fourth-order valence-electron chi connectivity index (χ4n) is 5.23. The summed E-state index contributed by atoms with van der Waals surface area (Å²) in [6, 6.07) is 16.8. The van der Waals surface area contributed by atoms with E-state index in [-0.39, 0.29) is 29.4 Å². The maximum Gasteiger partial charge on any atom is 0.420 e. The normalized spacial score (nSPS) is 16.1. The van der Waals surface area contributed by atoms with Crippen LogP contribution in [0.1, 0.15) is 17.5 Å². The Labute approximate surface area is 226 Å². The molecule has 40 heavy (non-hydrogen) atoms. The molecule has 11 heteroatoms. The summed E-state index contributed by atoms with van der Waals surface area (Å²) in [6.45, 7) is 1.32. The van der Waals surface area contributed by atoms with E-state index in [9.17, 15) is 18.4 Å². The van der Waals surface area contributed by atoms with Gasteiger partial charge in [0.25, 0.3) is 0 Å². The number of oxazole rings is 1. The molecule has 6 rings (SSSR count). The van der Waals surface area contributed by atoms with Crippen molar-refractivity contribution in [3.63, 3.8) is 0 Å². The van der Waals surface area contributed by atoms with Gasteiger partial charge in [0.1, 0.15) is 23.2 Å². The van der Waals surface area contributed by atoms with Crippen LogP contribution in [0.2, 0.25) is 0 Å². The van der Waals surface area contributed by atoms with E-state index in [1.54, 1.807) is 17.7 Å². The highest BCUT2D eigenvalue weighted by molar-refractivity contribution is 5.92. The number of hydrogen-bond donors (Lipinski definition) is 0. The first-order valence-electron chi connectivity index (χ1n) is 12.6. The zero-order valence-electron chi connectivity index (χ0n) is 21.3. The highest BCUT2D eigenvalue weighted by Crippen LogP contribution is 2.43. The fraction of sp³-hybridized carbons (Fsp3) is 0.241. The van der Waals surface area contributed by atoms with Crippen LogP contribution >= 0.6 is 0 Å². The molecule has 0 amide bonds. The lowest BCUT2D eigenvalue weighted by atomic mass is 9.94. The molecule has 1 aliphatic rings. The van der Waals surface area contributed by atoms with Crippen molar-refractivity contribution in [1.29, 1.82) is 5.26 Å². The summed E-state index contributed by atoms with van der Waals surface area (Å²) in [5.74, 6) is -0.869. The lowest BCUT2D eigenvalue weighted by Crippen LogP contribution is -2.20. The Kier molecular flexibility index (Phi) is 6.35. The second-order valence-corrected chi connectivity index (χ2v) is 9.83. The number of fused-ring (bicyclic) bond motifs is 1. The van der Waals surface area contributed by atoms with E-state index >= 15 is 4.39 Å². The van der Waals surface area contributed by atoms with Crippen molar-refractivity contribution in [2.45, 2.75) is 19.1 Å². The van der Waals surface area contributed by atoms with Crippen LogP contribution in [0.3, 0.4) is 0 Å². The number of halogens is 4. The number of likely N-dealkylation sites (tertiary alicyclic amines) is 1. The highest BCUT2D eigenvalue weighted by Gasteiger charge is 2.36. The van der Waals surface area contributed by atoms with Crippen molar-refractivity contribution in [3.05, 3.63) is 77.9 Å². The zero-order valence-corrected chi connectivity index (χ0v) is 21.3. The second kappa shape index (κ2) is 9.88. The van der Waals surface area contributed by atoms with Crippen LogP contribution in [0.4, 0.5) is 17.6 Å². The Morgan fingerprint density at radius 2 is 1.90 bits per heavy atom. The fourth-order valence-corrected chi connectivity index (χ4v) is 5.23. The Balaban J connectivity index is 1.55. The lowest BCUT2D eigenvalue weighted by molar-refractivity contribution is -0.136. The molecule has 3 heterocycles. The third kappa shape index (κ3) is 4.60. The molecular weight excluding hydrogens is 524 g/mol. The maximum atomic E-state index is 15.6. The van der Waals surface area contributed by atoms with Crippen LogP contribution in [0.25, 0.3) is 45.1 Å². The molecule has 0 bridgehead atoms. The van der Waals surface area contributed by atoms with Crippen LogP contribution in [0.5, 0.6) is 0 Å². The second-order valence-electron chi connectivity index (χ2n) is 9.83. The number of rotatable bonds is 5. The van der Waals surface area contributed by atoms with E-state index in [1.807, 2.05) is 35.2 Å². The number of aromatic nitrogens is 4. The highest BCUT2D eigenvalue weighted by atomic mass is 19.4. The van der Waals surface area contributed by atoms with Gasteiger partial charge in [0.05, 0.1) is 17.6 Å². The van der Waals surface area contributed by atoms with Gasteiger partial charge in [0.2, 0.25) is 5.89 Å². The zero-order chi connectivity index (χ0) is 28.0. The molecule has 0 aliphatic carbocycles. The molecule has 7 nitrogen and oxygen atoms in total. The standard InChI is InChI=1S/C29H22F4N6O/c1-38-16-35-37-27(38)24-20(19-5-3-2-4-6-19)7-8-22(30)25(24)28-36-23-12-18(15-39-10-9-17(13-34)14-39)11-21(26(23)40-28)29(31,32)33/h2-8,11-12,16-17H,9-10,14-15H2,1H3/t17-/m0/s1. The first-order chi connectivity index (χ1) is 19.2. The monoisotopic (exact) mass is 546 g/mol. The third-order valence-corrected chi connectivity index (χ3v) is 7.10. The summed E-state index contributed by atoms with van der Waals surface area (Å²) in [5, 5.41) is 17.3. The van der Waals surface area contributed by atoms with E-state index in [0.29, 0.717) is 42.0 Å². The van der Waals surface area contributed by atoms with Gasteiger partial charge in [-0.15, -0.1) is 10.2 Å². The maximum absolute atomic E-state index is 15.6. The smallest absolute Gasteiger partial charge is 0.420 e. The van der Waals surface area contributed by atoms with Gasteiger partial charge in [-0.25, -0.2) is 9.37 Å². The van der Waals surface area contributed by atoms with Gasteiger partial charge >= 0.3 is 6.18 Å². The Bertz CT molecular complexity index is 1750. The van der Waals surface area contributed by atoms with E-state index in [2.05, 4.69) is 21.3 Å². The average Bonchev–Trinajstić information content (AvgIpc) is 3.67.